The Bertz CT molecular complexity index is 516. The molecule has 1 aliphatic heterocycles. The predicted octanol–water partition coefficient (Wildman–Crippen LogP) is 2.91. The standard InChI is InChI=1S/C15H21ClFN3O.ClH/c1-10(20-7-3-4-12(9-20)18-2)15(21)19-14-6-5-11(17)8-13(14)16;/h5-6,8,10,12,18H,3-4,7,9H2,1-2H3,(H,19,21);1H. The molecule has 0 aromatic heterocycles. The molecular weight excluding hydrogens is 328 g/mol. The van der Waals surface area contributed by atoms with Gasteiger partial charge in [0.25, 0.3) is 0 Å². The van der Waals surface area contributed by atoms with Crippen molar-refractivity contribution in [3.63, 3.8) is 0 Å². The van der Waals surface area contributed by atoms with Gasteiger partial charge in [-0.1, -0.05) is 11.6 Å². The average Bonchev–Trinajstić information content (AvgIpc) is 2.49. The fraction of sp³-hybridized carbons (Fsp3) is 0.533. The summed E-state index contributed by atoms with van der Waals surface area (Å²) in [5.74, 6) is -0.542. The predicted molar refractivity (Wildman–Crippen MR) is 90.4 cm³/mol. The first kappa shape index (κ1) is 19.2. The normalized spacial score (nSPS) is 20.1. The summed E-state index contributed by atoms with van der Waals surface area (Å²) in [7, 11) is 1.94. The van der Waals surface area contributed by atoms with E-state index < -0.39 is 5.82 Å². The Morgan fingerprint density at radius 1 is 1.50 bits per heavy atom. The van der Waals surface area contributed by atoms with Crippen molar-refractivity contribution in [2.24, 2.45) is 0 Å². The summed E-state index contributed by atoms with van der Waals surface area (Å²) in [6, 6.07) is 4.13. The molecule has 0 bridgehead atoms. The average molecular weight is 350 g/mol. The number of carbonyl (C=O) groups excluding carboxylic acids is 1. The Morgan fingerprint density at radius 2 is 2.23 bits per heavy atom. The van der Waals surface area contributed by atoms with E-state index in [1.54, 1.807) is 0 Å². The van der Waals surface area contributed by atoms with Crippen LogP contribution in [0.4, 0.5) is 10.1 Å². The van der Waals surface area contributed by atoms with Gasteiger partial charge in [-0.25, -0.2) is 4.39 Å². The van der Waals surface area contributed by atoms with E-state index in [1.165, 1.54) is 18.2 Å². The Morgan fingerprint density at radius 3 is 2.86 bits per heavy atom. The van der Waals surface area contributed by atoms with Crippen LogP contribution in [0.2, 0.25) is 5.02 Å². The largest absolute Gasteiger partial charge is 0.323 e. The van der Waals surface area contributed by atoms with Gasteiger partial charge in [0.1, 0.15) is 5.82 Å². The van der Waals surface area contributed by atoms with Crippen LogP contribution in [0.1, 0.15) is 19.8 Å². The minimum absolute atomic E-state index is 0. The molecule has 22 heavy (non-hydrogen) atoms. The summed E-state index contributed by atoms with van der Waals surface area (Å²) in [6.07, 6.45) is 2.20. The highest BCUT2D eigenvalue weighted by Crippen LogP contribution is 2.23. The van der Waals surface area contributed by atoms with Crippen molar-refractivity contribution in [3.05, 3.63) is 29.0 Å². The number of piperidine rings is 1. The first-order chi connectivity index (χ1) is 10.0. The molecule has 0 aliphatic carbocycles. The van der Waals surface area contributed by atoms with Gasteiger partial charge in [0.15, 0.2) is 0 Å². The molecule has 1 heterocycles. The minimum Gasteiger partial charge on any atom is -0.323 e. The maximum Gasteiger partial charge on any atom is 0.241 e. The lowest BCUT2D eigenvalue weighted by Crippen LogP contribution is -2.51. The van der Waals surface area contributed by atoms with Crippen molar-refractivity contribution in [2.45, 2.75) is 31.8 Å². The number of rotatable bonds is 4. The molecule has 2 N–H and O–H groups in total. The molecule has 7 heteroatoms. The molecule has 2 atom stereocenters. The van der Waals surface area contributed by atoms with Crippen LogP contribution in [0.25, 0.3) is 0 Å². The van der Waals surface area contributed by atoms with Crippen molar-refractivity contribution in [3.8, 4) is 0 Å². The lowest BCUT2D eigenvalue weighted by Gasteiger charge is -2.35. The quantitative estimate of drug-likeness (QED) is 0.878. The van der Waals surface area contributed by atoms with E-state index in [4.69, 9.17) is 11.6 Å². The number of nitrogens with one attached hydrogen (secondary N) is 2. The van der Waals surface area contributed by atoms with Crippen molar-refractivity contribution in [1.82, 2.24) is 10.2 Å². The fourth-order valence-corrected chi connectivity index (χ4v) is 2.80. The first-order valence-electron chi connectivity index (χ1n) is 7.18. The summed E-state index contributed by atoms with van der Waals surface area (Å²) in [5, 5.41) is 6.23. The number of benzene rings is 1. The van der Waals surface area contributed by atoms with Crippen molar-refractivity contribution >= 4 is 35.6 Å². The van der Waals surface area contributed by atoms with Gasteiger partial charge < -0.3 is 10.6 Å². The maximum atomic E-state index is 13.0. The van der Waals surface area contributed by atoms with Crippen LogP contribution in [0.15, 0.2) is 18.2 Å². The Balaban J connectivity index is 0.00000242. The van der Waals surface area contributed by atoms with Crippen LogP contribution in [0.5, 0.6) is 0 Å². The van der Waals surface area contributed by atoms with Gasteiger partial charge in [0.05, 0.1) is 16.8 Å². The van der Waals surface area contributed by atoms with E-state index in [0.29, 0.717) is 11.7 Å². The van der Waals surface area contributed by atoms with Gasteiger partial charge in [-0.15, -0.1) is 12.4 Å². The Hall–Kier alpha value is -0.880. The SMILES string of the molecule is CNC1CCCN(C(C)C(=O)Nc2ccc(F)cc2Cl)C1.Cl. The van der Waals surface area contributed by atoms with Crippen LogP contribution in [0.3, 0.4) is 0 Å². The Labute approximate surface area is 141 Å². The van der Waals surface area contributed by atoms with Crippen LogP contribution >= 0.6 is 24.0 Å². The molecular formula is C15H22Cl2FN3O. The molecule has 4 nitrogen and oxygen atoms in total. The summed E-state index contributed by atoms with van der Waals surface area (Å²) in [5.41, 5.74) is 0.442. The highest BCUT2D eigenvalue weighted by Gasteiger charge is 2.27. The zero-order valence-corrected chi connectivity index (χ0v) is 14.3. The molecule has 1 aromatic carbocycles. The van der Waals surface area contributed by atoms with Crippen LogP contribution in [-0.4, -0.2) is 43.0 Å². The zero-order valence-electron chi connectivity index (χ0n) is 12.7. The van der Waals surface area contributed by atoms with E-state index in [1.807, 2.05) is 14.0 Å². The molecule has 1 aromatic rings. The molecule has 124 valence electrons. The molecule has 1 saturated heterocycles. The molecule has 2 rings (SSSR count). The number of carbonyl (C=O) groups is 1. The number of halogens is 3. The van der Waals surface area contributed by atoms with Gasteiger partial charge in [-0.3, -0.25) is 9.69 Å². The fourth-order valence-electron chi connectivity index (χ4n) is 2.59. The van der Waals surface area contributed by atoms with Crippen LogP contribution < -0.4 is 10.6 Å². The van der Waals surface area contributed by atoms with E-state index in [-0.39, 0.29) is 29.4 Å². The maximum absolute atomic E-state index is 13.0. The summed E-state index contributed by atoms with van der Waals surface area (Å²) in [6.45, 7) is 3.64. The number of amides is 1. The molecule has 2 unspecified atom stereocenters. The van der Waals surface area contributed by atoms with Crippen molar-refractivity contribution < 1.29 is 9.18 Å². The monoisotopic (exact) mass is 349 g/mol. The second-order valence-corrected chi connectivity index (χ2v) is 5.82. The number of anilines is 1. The van der Waals surface area contributed by atoms with E-state index in [2.05, 4.69) is 15.5 Å². The lowest BCUT2D eigenvalue weighted by molar-refractivity contribution is -0.121. The minimum atomic E-state index is -0.418. The molecule has 1 aliphatic rings. The van der Waals surface area contributed by atoms with Gasteiger partial charge in [-0.2, -0.15) is 0 Å². The van der Waals surface area contributed by atoms with Crippen LogP contribution in [0, 0.1) is 5.82 Å². The summed E-state index contributed by atoms with van der Waals surface area (Å²) < 4.78 is 13.0. The second-order valence-electron chi connectivity index (χ2n) is 5.41. The zero-order chi connectivity index (χ0) is 15.4. The van der Waals surface area contributed by atoms with Crippen molar-refractivity contribution in [2.75, 3.05) is 25.5 Å². The topological polar surface area (TPSA) is 44.4 Å². The van der Waals surface area contributed by atoms with Gasteiger partial charge in [0.2, 0.25) is 5.91 Å². The molecule has 0 saturated carbocycles. The molecule has 0 radical (unpaired) electrons. The van der Waals surface area contributed by atoms with Gasteiger partial charge >= 0.3 is 0 Å². The summed E-state index contributed by atoms with van der Waals surface area (Å²) in [4.78, 5) is 14.5. The van der Waals surface area contributed by atoms with Crippen molar-refractivity contribution in [1.29, 1.82) is 0 Å². The van der Waals surface area contributed by atoms with Crippen LogP contribution in [-0.2, 0) is 4.79 Å². The number of likely N-dealkylation sites (N-methyl/N-ethyl adjacent to an activating group) is 1. The lowest BCUT2D eigenvalue weighted by atomic mass is 10.0. The van der Waals surface area contributed by atoms with E-state index >= 15 is 0 Å². The van der Waals surface area contributed by atoms with Gasteiger partial charge in [0, 0.05) is 12.6 Å². The van der Waals surface area contributed by atoms with E-state index in [0.717, 1.165) is 25.9 Å². The molecule has 0 spiro atoms. The smallest absolute Gasteiger partial charge is 0.241 e. The third-order valence-corrected chi connectivity index (χ3v) is 4.29. The molecule has 1 amide bonds. The highest BCUT2D eigenvalue weighted by atomic mass is 35.5. The van der Waals surface area contributed by atoms with E-state index in [9.17, 15) is 9.18 Å². The third kappa shape index (κ3) is 4.81. The Kier molecular flexibility index (Phi) is 7.56. The number of hydrogen-bond donors (Lipinski definition) is 2. The number of nitrogens with zero attached hydrogens (tertiary/aromatic N) is 1. The summed E-state index contributed by atoms with van der Waals surface area (Å²) >= 11 is 5.93. The second kappa shape index (κ2) is 8.67. The number of likely N-dealkylation sites (tertiary alicyclic amines) is 1. The third-order valence-electron chi connectivity index (χ3n) is 3.98. The molecule has 1 fully saturated rings. The highest BCUT2D eigenvalue weighted by molar-refractivity contribution is 6.33. The first-order valence-corrected chi connectivity index (χ1v) is 7.56. The van der Waals surface area contributed by atoms with Gasteiger partial charge in [-0.05, 0) is 51.6 Å². The number of hydrogen-bond acceptors (Lipinski definition) is 3.